The highest BCUT2D eigenvalue weighted by atomic mass is 32.1. The number of hydrogen-bond acceptors (Lipinski definition) is 7. The van der Waals surface area contributed by atoms with Gasteiger partial charge >= 0.3 is 0 Å². The van der Waals surface area contributed by atoms with Gasteiger partial charge in [-0.3, -0.25) is 10.0 Å². The van der Waals surface area contributed by atoms with Gasteiger partial charge in [-0.2, -0.15) is 0 Å². The van der Waals surface area contributed by atoms with Crippen LogP contribution in [0.2, 0.25) is 0 Å². The van der Waals surface area contributed by atoms with Crippen LogP contribution in [0.25, 0.3) is 21.8 Å². The fourth-order valence-electron chi connectivity index (χ4n) is 2.66. The lowest BCUT2D eigenvalue weighted by Crippen LogP contribution is -2.18. The van der Waals surface area contributed by atoms with Crippen molar-refractivity contribution in [2.75, 3.05) is 13.2 Å². The highest BCUT2D eigenvalue weighted by molar-refractivity contribution is 7.13. The molecule has 0 saturated heterocycles. The van der Waals surface area contributed by atoms with Gasteiger partial charge in [0.1, 0.15) is 10.8 Å². The molecule has 0 aliphatic heterocycles. The van der Waals surface area contributed by atoms with E-state index >= 15 is 0 Å². The molecular weight excluding hydrogens is 380 g/mol. The van der Waals surface area contributed by atoms with Crippen LogP contribution in [0.1, 0.15) is 24.2 Å². The molecule has 1 amide bonds. The quantitative estimate of drug-likeness (QED) is 0.408. The molecule has 1 heterocycles. The van der Waals surface area contributed by atoms with Crippen LogP contribution < -0.4 is 15.0 Å². The van der Waals surface area contributed by atoms with E-state index in [4.69, 9.17) is 14.7 Å². The molecule has 8 heteroatoms. The van der Waals surface area contributed by atoms with Crippen LogP contribution >= 0.6 is 11.3 Å². The number of ether oxygens (including phenoxy) is 2. The maximum Gasteiger partial charge on any atom is 0.278 e. The molecule has 0 unspecified atom stereocenters. The minimum absolute atomic E-state index is 0.0331. The van der Waals surface area contributed by atoms with Crippen LogP contribution in [-0.4, -0.2) is 34.4 Å². The Morgan fingerprint density at radius 2 is 1.79 bits per heavy atom. The number of phenolic OH excluding ortho intramolecular Hbond substituents is 1. The molecule has 7 nitrogen and oxygen atoms in total. The average molecular weight is 400 g/mol. The third-order valence-corrected chi connectivity index (χ3v) is 4.82. The second-order valence-corrected chi connectivity index (χ2v) is 6.60. The van der Waals surface area contributed by atoms with Gasteiger partial charge in [0.05, 0.1) is 24.5 Å². The van der Waals surface area contributed by atoms with Gasteiger partial charge < -0.3 is 14.6 Å². The smallest absolute Gasteiger partial charge is 0.278 e. The number of phenols is 1. The number of carbonyl (C=O) groups is 1. The van der Waals surface area contributed by atoms with Gasteiger partial charge in [0.15, 0.2) is 11.5 Å². The Hall–Kier alpha value is -3.10. The molecule has 0 aliphatic carbocycles. The lowest BCUT2D eigenvalue weighted by Gasteiger charge is -2.11. The van der Waals surface area contributed by atoms with Gasteiger partial charge in [0, 0.05) is 16.5 Å². The summed E-state index contributed by atoms with van der Waals surface area (Å²) in [5, 5.41) is 21.3. The number of aromatic nitrogens is 1. The lowest BCUT2D eigenvalue weighted by atomic mass is 10.1. The summed E-state index contributed by atoms with van der Waals surface area (Å²) in [7, 11) is 0. The predicted octanol–water partition coefficient (Wildman–Crippen LogP) is 4.10. The fourth-order valence-corrected chi connectivity index (χ4v) is 3.49. The first-order valence-electron chi connectivity index (χ1n) is 8.70. The van der Waals surface area contributed by atoms with E-state index in [1.54, 1.807) is 6.07 Å². The fraction of sp³-hybridized carbons (Fsp3) is 0.200. The molecule has 1 aromatic heterocycles. The molecule has 0 atom stereocenters. The number of thiazole rings is 1. The Morgan fingerprint density at radius 3 is 2.50 bits per heavy atom. The monoisotopic (exact) mass is 400 g/mol. The van der Waals surface area contributed by atoms with Crippen LogP contribution in [-0.2, 0) is 0 Å². The summed E-state index contributed by atoms with van der Waals surface area (Å²) in [5.74, 6) is 0.328. The van der Waals surface area contributed by atoms with Crippen molar-refractivity contribution >= 4 is 17.2 Å². The molecule has 28 heavy (non-hydrogen) atoms. The number of nitrogens with one attached hydrogen (secondary N) is 1. The van der Waals surface area contributed by atoms with E-state index in [0.29, 0.717) is 36.0 Å². The topological polar surface area (TPSA) is 101 Å². The summed E-state index contributed by atoms with van der Waals surface area (Å²) >= 11 is 1.45. The molecule has 3 aromatic rings. The molecule has 3 N–H and O–H groups in total. The average Bonchev–Trinajstić information content (AvgIpc) is 3.19. The van der Waals surface area contributed by atoms with E-state index in [0.717, 1.165) is 10.6 Å². The number of rotatable bonds is 7. The summed E-state index contributed by atoms with van der Waals surface area (Å²) in [6.45, 7) is 4.90. The summed E-state index contributed by atoms with van der Waals surface area (Å²) in [6.07, 6.45) is 0. The van der Waals surface area contributed by atoms with Crippen LogP contribution in [0.15, 0.2) is 41.8 Å². The van der Waals surface area contributed by atoms with Crippen LogP contribution in [0.4, 0.5) is 0 Å². The highest BCUT2D eigenvalue weighted by Gasteiger charge is 2.15. The zero-order valence-corrected chi connectivity index (χ0v) is 16.2. The Labute approximate surface area is 166 Å². The van der Waals surface area contributed by atoms with Crippen molar-refractivity contribution in [3.8, 4) is 39.1 Å². The Bertz CT molecular complexity index is 986. The minimum Gasteiger partial charge on any atom is -0.507 e. The van der Waals surface area contributed by atoms with Gasteiger partial charge in [0.2, 0.25) is 0 Å². The van der Waals surface area contributed by atoms with Crippen molar-refractivity contribution in [3.63, 3.8) is 0 Å². The van der Waals surface area contributed by atoms with Crippen LogP contribution in [0, 0.1) is 0 Å². The van der Waals surface area contributed by atoms with E-state index in [1.807, 2.05) is 37.4 Å². The van der Waals surface area contributed by atoms with Crippen molar-refractivity contribution in [1.82, 2.24) is 10.5 Å². The molecule has 2 aromatic carbocycles. The molecule has 0 aliphatic rings. The van der Waals surface area contributed by atoms with Gasteiger partial charge in [-0.1, -0.05) is 0 Å². The van der Waals surface area contributed by atoms with Gasteiger partial charge in [-0.25, -0.2) is 10.5 Å². The third kappa shape index (κ3) is 4.08. The number of nitrogens with zero attached hydrogens (tertiary/aromatic N) is 1. The Morgan fingerprint density at radius 1 is 1.07 bits per heavy atom. The normalized spacial score (nSPS) is 10.5. The van der Waals surface area contributed by atoms with Crippen molar-refractivity contribution < 1.29 is 24.6 Å². The predicted molar refractivity (Wildman–Crippen MR) is 106 cm³/mol. The first-order chi connectivity index (χ1) is 13.6. The van der Waals surface area contributed by atoms with Gasteiger partial charge in [0.25, 0.3) is 5.91 Å². The number of aromatic hydroxyl groups is 1. The van der Waals surface area contributed by atoms with Crippen molar-refractivity contribution in [2.24, 2.45) is 0 Å². The highest BCUT2D eigenvalue weighted by Crippen LogP contribution is 2.36. The largest absolute Gasteiger partial charge is 0.507 e. The summed E-state index contributed by atoms with van der Waals surface area (Å²) in [5.41, 5.74) is 3.67. The van der Waals surface area contributed by atoms with E-state index in [9.17, 15) is 9.90 Å². The van der Waals surface area contributed by atoms with Crippen molar-refractivity contribution in [2.45, 2.75) is 13.8 Å². The first kappa shape index (κ1) is 19.7. The van der Waals surface area contributed by atoms with E-state index < -0.39 is 5.91 Å². The van der Waals surface area contributed by atoms with Gasteiger partial charge in [-0.15, -0.1) is 11.3 Å². The lowest BCUT2D eigenvalue weighted by molar-refractivity contribution is 0.0703. The van der Waals surface area contributed by atoms with E-state index in [2.05, 4.69) is 4.98 Å². The second-order valence-electron chi connectivity index (χ2n) is 5.74. The van der Waals surface area contributed by atoms with Crippen LogP contribution in [0.3, 0.4) is 0 Å². The standard InChI is InChI=1S/C20H20N2O5S/c1-3-26-17-8-6-13(10-18(17)27-4-2)20-21-15(11-28-20)12-5-7-16(23)14(9-12)19(24)22-25/h5-11,23,25H,3-4H2,1-2H3,(H,22,24). The van der Waals surface area contributed by atoms with Gasteiger partial charge in [-0.05, 0) is 50.2 Å². The number of hydrogen-bond donors (Lipinski definition) is 3. The minimum atomic E-state index is -0.789. The molecular formula is C20H20N2O5S. The molecule has 0 saturated carbocycles. The Balaban J connectivity index is 1.94. The van der Waals surface area contributed by atoms with Crippen LogP contribution in [0.5, 0.6) is 17.2 Å². The summed E-state index contributed by atoms with van der Waals surface area (Å²) in [4.78, 5) is 16.3. The zero-order valence-electron chi connectivity index (χ0n) is 15.4. The number of benzene rings is 2. The molecule has 0 spiro atoms. The first-order valence-corrected chi connectivity index (χ1v) is 9.58. The molecule has 0 bridgehead atoms. The van der Waals surface area contributed by atoms with Crippen molar-refractivity contribution in [1.29, 1.82) is 0 Å². The number of hydroxylamine groups is 1. The SMILES string of the molecule is CCOc1ccc(-c2nc(-c3ccc(O)c(C(=O)NO)c3)cs2)cc1OCC. The molecule has 3 rings (SSSR count). The number of amides is 1. The third-order valence-electron chi connectivity index (χ3n) is 3.93. The number of carbonyl (C=O) groups excluding carboxylic acids is 1. The summed E-state index contributed by atoms with van der Waals surface area (Å²) in [6, 6.07) is 10.2. The van der Waals surface area contributed by atoms with Crippen molar-refractivity contribution in [3.05, 3.63) is 47.3 Å². The van der Waals surface area contributed by atoms with E-state index in [1.165, 1.54) is 28.9 Å². The summed E-state index contributed by atoms with van der Waals surface area (Å²) < 4.78 is 11.3. The second kappa shape index (κ2) is 8.73. The maximum atomic E-state index is 11.7. The van der Waals surface area contributed by atoms with E-state index in [-0.39, 0.29) is 11.3 Å². The molecule has 0 radical (unpaired) electrons. The molecule has 146 valence electrons. The molecule has 0 fully saturated rings. The maximum absolute atomic E-state index is 11.7. The zero-order chi connectivity index (χ0) is 20.1. The Kier molecular flexibility index (Phi) is 6.13.